The molecule has 7 heteroatoms. The van der Waals surface area contributed by atoms with E-state index in [-0.39, 0.29) is 0 Å². The van der Waals surface area contributed by atoms with Crippen LogP contribution < -0.4 is 4.90 Å². The fourth-order valence-electron chi connectivity index (χ4n) is 3.77. The average molecular weight is 369 g/mol. The van der Waals surface area contributed by atoms with Crippen molar-refractivity contribution in [3.8, 4) is 0 Å². The van der Waals surface area contributed by atoms with E-state index in [0.29, 0.717) is 5.92 Å². The second-order valence-electron chi connectivity index (χ2n) is 6.80. The number of nitrogens with zero attached hydrogens (tertiary/aromatic N) is 6. The average Bonchev–Trinajstić information content (AvgIpc) is 3.35. The van der Waals surface area contributed by atoms with Gasteiger partial charge < -0.3 is 9.47 Å². The van der Waals surface area contributed by atoms with Crippen LogP contribution in [0.5, 0.6) is 0 Å². The molecule has 4 heterocycles. The van der Waals surface area contributed by atoms with E-state index in [9.17, 15) is 0 Å². The molecule has 6 nitrogen and oxygen atoms in total. The normalized spacial score (nSPS) is 17.6. The predicted molar refractivity (Wildman–Crippen MR) is 104 cm³/mol. The quantitative estimate of drug-likeness (QED) is 0.666. The van der Waals surface area contributed by atoms with Crippen molar-refractivity contribution >= 4 is 17.2 Å². The van der Waals surface area contributed by atoms with Crippen molar-refractivity contribution < 1.29 is 0 Å². The van der Waals surface area contributed by atoms with Gasteiger partial charge in [0.05, 0.1) is 17.7 Å². The zero-order chi connectivity index (χ0) is 17.8. The fraction of sp³-hybridized carbons (Fsp3) is 0.474. The van der Waals surface area contributed by atoms with Gasteiger partial charge in [-0.15, -0.1) is 11.3 Å². The Morgan fingerprint density at radius 1 is 1.27 bits per heavy atom. The molecule has 3 aromatic heterocycles. The van der Waals surface area contributed by atoms with Crippen LogP contribution in [0, 0.1) is 0 Å². The third kappa shape index (κ3) is 3.62. The van der Waals surface area contributed by atoms with E-state index in [1.165, 1.54) is 12.0 Å². The molecule has 0 aliphatic carbocycles. The van der Waals surface area contributed by atoms with Gasteiger partial charge in [-0.3, -0.25) is 0 Å². The standard InChI is InChI=1S/C19H24N6S/c1-2-4-15-9-20-13-22-18(15)24-7-3-5-16(10-24)19-21-6-8-25(19)11-17-12-26-14-23-17/h6,8-9,12-14,16H,2-5,7,10-11H2,1H3/t16-/m1/s1. The molecule has 0 unspecified atom stereocenters. The molecule has 26 heavy (non-hydrogen) atoms. The van der Waals surface area contributed by atoms with E-state index in [1.807, 2.05) is 17.9 Å². The summed E-state index contributed by atoms with van der Waals surface area (Å²) in [5, 5.41) is 2.11. The van der Waals surface area contributed by atoms with Crippen LogP contribution in [0.3, 0.4) is 0 Å². The van der Waals surface area contributed by atoms with E-state index >= 15 is 0 Å². The van der Waals surface area contributed by atoms with Gasteiger partial charge >= 0.3 is 0 Å². The maximum atomic E-state index is 4.69. The van der Waals surface area contributed by atoms with Gasteiger partial charge in [0.25, 0.3) is 0 Å². The first-order valence-corrected chi connectivity index (χ1v) is 10.2. The molecule has 0 radical (unpaired) electrons. The fourth-order valence-corrected chi connectivity index (χ4v) is 4.32. The van der Waals surface area contributed by atoms with Crippen LogP contribution in [0.4, 0.5) is 5.82 Å². The van der Waals surface area contributed by atoms with Crippen molar-refractivity contribution in [3.05, 3.63) is 52.9 Å². The zero-order valence-electron chi connectivity index (χ0n) is 15.1. The lowest BCUT2D eigenvalue weighted by atomic mass is 9.96. The molecule has 3 aromatic rings. The van der Waals surface area contributed by atoms with Crippen molar-refractivity contribution in [3.63, 3.8) is 0 Å². The number of anilines is 1. The summed E-state index contributed by atoms with van der Waals surface area (Å²) >= 11 is 1.64. The molecule has 0 spiro atoms. The Balaban J connectivity index is 1.54. The maximum Gasteiger partial charge on any atom is 0.135 e. The summed E-state index contributed by atoms with van der Waals surface area (Å²) in [5.41, 5.74) is 4.24. The SMILES string of the molecule is CCCc1cncnc1N1CCC[C@@H](c2nccn2Cc2cscn2)C1. The maximum absolute atomic E-state index is 4.69. The highest BCUT2D eigenvalue weighted by atomic mass is 32.1. The van der Waals surface area contributed by atoms with Crippen LogP contribution in [-0.4, -0.2) is 37.6 Å². The van der Waals surface area contributed by atoms with Gasteiger partial charge in [-0.1, -0.05) is 13.3 Å². The monoisotopic (exact) mass is 368 g/mol. The summed E-state index contributed by atoms with van der Waals surface area (Å²) in [7, 11) is 0. The number of aromatic nitrogens is 5. The number of hydrogen-bond acceptors (Lipinski definition) is 6. The Bertz CT molecular complexity index is 828. The summed E-state index contributed by atoms with van der Waals surface area (Å²) in [6, 6.07) is 0. The predicted octanol–water partition coefficient (Wildman–Crippen LogP) is 3.51. The zero-order valence-corrected chi connectivity index (χ0v) is 15.9. The van der Waals surface area contributed by atoms with Gasteiger partial charge in [-0.05, 0) is 19.3 Å². The second-order valence-corrected chi connectivity index (χ2v) is 7.52. The Morgan fingerprint density at radius 3 is 3.08 bits per heavy atom. The number of hydrogen-bond donors (Lipinski definition) is 0. The molecular formula is C19H24N6S. The van der Waals surface area contributed by atoms with Crippen molar-refractivity contribution in [2.24, 2.45) is 0 Å². The minimum absolute atomic E-state index is 0.418. The molecule has 1 aliphatic rings. The first kappa shape index (κ1) is 17.1. The number of rotatable bonds is 6. The lowest BCUT2D eigenvalue weighted by Crippen LogP contribution is -2.36. The van der Waals surface area contributed by atoms with Crippen molar-refractivity contribution in [1.82, 2.24) is 24.5 Å². The lowest BCUT2D eigenvalue weighted by Gasteiger charge is -2.34. The van der Waals surface area contributed by atoms with Gasteiger partial charge in [0.2, 0.25) is 0 Å². The summed E-state index contributed by atoms with van der Waals surface area (Å²) in [5.74, 6) is 2.68. The molecule has 0 saturated carbocycles. The molecule has 136 valence electrons. The third-order valence-corrected chi connectivity index (χ3v) is 5.57. The van der Waals surface area contributed by atoms with Crippen LogP contribution in [0.1, 0.15) is 49.2 Å². The third-order valence-electron chi connectivity index (χ3n) is 4.93. The molecule has 0 bridgehead atoms. The van der Waals surface area contributed by atoms with Gasteiger partial charge in [0.1, 0.15) is 18.0 Å². The summed E-state index contributed by atoms with van der Waals surface area (Å²) in [6.45, 7) is 5.01. The van der Waals surface area contributed by atoms with Gasteiger partial charge in [0, 0.05) is 48.5 Å². The van der Waals surface area contributed by atoms with Gasteiger partial charge in [-0.2, -0.15) is 0 Å². The topological polar surface area (TPSA) is 59.7 Å². The smallest absolute Gasteiger partial charge is 0.135 e. The molecule has 0 N–H and O–H groups in total. The number of thiazole rings is 1. The van der Waals surface area contributed by atoms with E-state index in [1.54, 1.807) is 17.7 Å². The highest BCUT2D eigenvalue weighted by Crippen LogP contribution is 2.30. The Hall–Kier alpha value is -2.28. The Labute approximate surface area is 158 Å². The molecule has 4 rings (SSSR count). The van der Waals surface area contributed by atoms with E-state index in [2.05, 4.69) is 47.9 Å². The first-order chi connectivity index (χ1) is 12.8. The highest BCUT2D eigenvalue weighted by molar-refractivity contribution is 7.07. The van der Waals surface area contributed by atoms with Crippen LogP contribution in [0.2, 0.25) is 0 Å². The summed E-state index contributed by atoms with van der Waals surface area (Å²) in [4.78, 5) is 20.3. The van der Waals surface area contributed by atoms with E-state index < -0.39 is 0 Å². The Kier molecular flexibility index (Phi) is 5.24. The van der Waals surface area contributed by atoms with Crippen molar-refractivity contribution in [2.75, 3.05) is 18.0 Å². The summed E-state index contributed by atoms with van der Waals surface area (Å²) in [6.07, 6.45) is 12.1. The van der Waals surface area contributed by atoms with Crippen LogP contribution in [0.15, 0.2) is 35.8 Å². The Morgan fingerprint density at radius 2 is 2.23 bits per heavy atom. The first-order valence-electron chi connectivity index (χ1n) is 9.27. The van der Waals surface area contributed by atoms with Gasteiger partial charge in [-0.25, -0.2) is 19.9 Å². The minimum Gasteiger partial charge on any atom is -0.356 e. The molecule has 1 aliphatic heterocycles. The van der Waals surface area contributed by atoms with Crippen molar-refractivity contribution in [2.45, 2.75) is 45.1 Å². The highest BCUT2D eigenvalue weighted by Gasteiger charge is 2.26. The second kappa shape index (κ2) is 7.95. The van der Waals surface area contributed by atoms with Crippen LogP contribution in [0.25, 0.3) is 0 Å². The number of piperidine rings is 1. The molecule has 0 amide bonds. The van der Waals surface area contributed by atoms with Crippen LogP contribution in [-0.2, 0) is 13.0 Å². The summed E-state index contributed by atoms with van der Waals surface area (Å²) < 4.78 is 2.25. The van der Waals surface area contributed by atoms with E-state index in [0.717, 1.165) is 56.2 Å². The minimum atomic E-state index is 0.418. The molecule has 1 atom stereocenters. The van der Waals surface area contributed by atoms with E-state index in [4.69, 9.17) is 0 Å². The van der Waals surface area contributed by atoms with Gasteiger partial charge in [0.15, 0.2) is 0 Å². The lowest BCUT2D eigenvalue weighted by molar-refractivity contribution is 0.472. The molecule has 1 fully saturated rings. The largest absolute Gasteiger partial charge is 0.356 e. The number of imidazole rings is 1. The molecule has 0 aromatic carbocycles. The van der Waals surface area contributed by atoms with Crippen molar-refractivity contribution in [1.29, 1.82) is 0 Å². The molecule has 1 saturated heterocycles. The molecular weight excluding hydrogens is 344 g/mol. The number of aryl methyl sites for hydroxylation is 1. The van der Waals surface area contributed by atoms with Crippen LogP contribution >= 0.6 is 11.3 Å².